The Labute approximate surface area is 138 Å². The number of benzene rings is 1. The molecule has 0 saturated carbocycles. The van der Waals surface area contributed by atoms with Crippen LogP contribution < -0.4 is 15.4 Å². The van der Waals surface area contributed by atoms with Gasteiger partial charge in [-0.25, -0.2) is 13.6 Å². The maximum absolute atomic E-state index is 14.3. The third kappa shape index (κ3) is 3.93. The second kappa shape index (κ2) is 6.62. The summed E-state index contributed by atoms with van der Waals surface area (Å²) in [4.78, 5) is 23.8. The lowest BCUT2D eigenvalue weighted by Crippen LogP contribution is -2.45. The van der Waals surface area contributed by atoms with Gasteiger partial charge >= 0.3 is 6.09 Å². The standard InChI is InChI=1S/C16H20F2N2O4/c1-16(2,3)24-15(22)20-13-9(7-19-14(13)21)12-10(17)5-8(23-4)6-11(12)18/h5-6,9,13H,7H2,1-4H3,(H,19,21)(H,20,22). The van der Waals surface area contributed by atoms with Crippen LogP contribution in [0.5, 0.6) is 5.75 Å². The Morgan fingerprint density at radius 1 is 1.29 bits per heavy atom. The summed E-state index contributed by atoms with van der Waals surface area (Å²) in [6.45, 7) is 5.00. The largest absolute Gasteiger partial charge is 0.497 e. The van der Waals surface area contributed by atoms with Crippen molar-refractivity contribution in [3.05, 3.63) is 29.3 Å². The lowest BCUT2D eigenvalue weighted by Gasteiger charge is -2.24. The van der Waals surface area contributed by atoms with Crippen molar-refractivity contribution < 1.29 is 27.8 Å². The number of halogens is 2. The van der Waals surface area contributed by atoms with E-state index in [1.807, 2.05) is 0 Å². The van der Waals surface area contributed by atoms with E-state index in [2.05, 4.69) is 10.6 Å². The highest BCUT2D eigenvalue weighted by Gasteiger charge is 2.40. The molecule has 1 heterocycles. The molecule has 1 aromatic carbocycles. The molecule has 132 valence electrons. The SMILES string of the molecule is COc1cc(F)c(C2CNC(=O)C2NC(=O)OC(C)(C)C)c(F)c1. The monoisotopic (exact) mass is 342 g/mol. The summed E-state index contributed by atoms with van der Waals surface area (Å²) >= 11 is 0. The van der Waals surface area contributed by atoms with Crippen molar-refractivity contribution in [1.29, 1.82) is 0 Å². The Morgan fingerprint density at radius 2 is 1.88 bits per heavy atom. The first-order valence-corrected chi connectivity index (χ1v) is 7.42. The highest BCUT2D eigenvalue weighted by molar-refractivity contribution is 5.89. The van der Waals surface area contributed by atoms with Crippen LogP contribution in [-0.4, -0.2) is 37.3 Å². The summed E-state index contributed by atoms with van der Waals surface area (Å²) in [5, 5.41) is 4.87. The summed E-state index contributed by atoms with van der Waals surface area (Å²) in [7, 11) is 1.29. The molecular weight excluding hydrogens is 322 g/mol. The van der Waals surface area contributed by atoms with Crippen molar-refractivity contribution in [2.24, 2.45) is 0 Å². The first-order chi connectivity index (χ1) is 11.1. The van der Waals surface area contributed by atoms with Crippen LogP contribution in [0, 0.1) is 11.6 Å². The zero-order chi connectivity index (χ0) is 18.1. The molecule has 2 rings (SSSR count). The van der Waals surface area contributed by atoms with Crippen LogP contribution in [0.2, 0.25) is 0 Å². The fourth-order valence-corrected chi connectivity index (χ4v) is 2.52. The van der Waals surface area contributed by atoms with Gasteiger partial charge in [-0.2, -0.15) is 0 Å². The van der Waals surface area contributed by atoms with Crippen LogP contribution in [0.25, 0.3) is 0 Å². The third-order valence-corrected chi connectivity index (χ3v) is 3.51. The fraction of sp³-hybridized carbons (Fsp3) is 0.500. The number of rotatable bonds is 3. The number of carbonyl (C=O) groups excluding carboxylic acids is 2. The van der Waals surface area contributed by atoms with E-state index in [1.165, 1.54) is 7.11 Å². The van der Waals surface area contributed by atoms with Gasteiger partial charge in [-0.05, 0) is 20.8 Å². The molecule has 2 unspecified atom stereocenters. The summed E-state index contributed by atoms with van der Waals surface area (Å²) in [5.74, 6) is -3.08. The average Bonchev–Trinajstić information content (AvgIpc) is 2.77. The van der Waals surface area contributed by atoms with Gasteiger partial charge in [-0.15, -0.1) is 0 Å². The Hall–Kier alpha value is -2.38. The molecule has 0 bridgehead atoms. The van der Waals surface area contributed by atoms with Gasteiger partial charge in [0.05, 0.1) is 7.11 Å². The lowest BCUT2D eigenvalue weighted by molar-refractivity contribution is -0.121. The van der Waals surface area contributed by atoms with Crippen molar-refractivity contribution in [2.45, 2.75) is 38.3 Å². The highest BCUT2D eigenvalue weighted by atomic mass is 19.1. The summed E-state index contributed by atoms with van der Waals surface area (Å²) in [5.41, 5.74) is -1.04. The molecule has 0 radical (unpaired) electrons. The Kier molecular flexibility index (Phi) is 4.96. The van der Waals surface area contributed by atoms with Gasteiger partial charge in [0, 0.05) is 30.2 Å². The lowest BCUT2D eigenvalue weighted by atomic mass is 9.93. The van der Waals surface area contributed by atoms with E-state index in [-0.39, 0.29) is 17.9 Å². The third-order valence-electron chi connectivity index (χ3n) is 3.51. The number of hydrogen-bond acceptors (Lipinski definition) is 4. The minimum atomic E-state index is -1.13. The normalized spacial score (nSPS) is 20.5. The minimum absolute atomic E-state index is 0.000529. The molecule has 8 heteroatoms. The van der Waals surface area contributed by atoms with E-state index in [0.717, 1.165) is 12.1 Å². The predicted octanol–water partition coefficient (Wildman–Crippen LogP) is 2.08. The van der Waals surface area contributed by atoms with E-state index in [1.54, 1.807) is 20.8 Å². The first kappa shape index (κ1) is 18.0. The first-order valence-electron chi connectivity index (χ1n) is 7.42. The summed E-state index contributed by atoms with van der Waals surface area (Å²) < 4.78 is 38.4. The van der Waals surface area contributed by atoms with Crippen molar-refractivity contribution in [3.8, 4) is 5.75 Å². The van der Waals surface area contributed by atoms with E-state index >= 15 is 0 Å². The Balaban J connectivity index is 2.26. The van der Waals surface area contributed by atoms with Gasteiger partial charge in [0.25, 0.3) is 0 Å². The minimum Gasteiger partial charge on any atom is -0.497 e. The Morgan fingerprint density at radius 3 is 2.38 bits per heavy atom. The molecule has 0 aliphatic carbocycles. The number of ether oxygens (including phenoxy) is 2. The predicted molar refractivity (Wildman–Crippen MR) is 81.8 cm³/mol. The van der Waals surface area contributed by atoms with Gasteiger partial charge in [-0.3, -0.25) is 4.79 Å². The number of hydrogen-bond donors (Lipinski definition) is 2. The van der Waals surface area contributed by atoms with E-state index in [4.69, 9.17) is 9.47 Å². The molecule has 0 aromatic heterocycles. The van der Waals surface area contributed by atoms with Crippen LogP contribution >= 0.6 is 0 Å². The van der Waals surface area contributed by atoms with Gasteiger partial charge in [0.15, 0.2) is 0 Å². The second-order valence-corrected chi connectivity index (χ2v) is 6.48. The van der Waals surface area contributed by atoms with Crippen molar-refractivity contribution in [1.82, 2.24) is 10.6 Å². The molecule has 24 heavy (non-hydrogen) atoms. The van der Waals surface area contributed by atoms with Gasteiger partial charge < -0.3 is 20.1 Å². The molecule has 1 aliphatic rings. The number of alkyl carbamates (subject to hydrolysis) is 1. The number of amides is 2. The van der Waals surface area contributed by atoms with E-state index < -0.39 is 41.2 Å². The zero-order valence-electron chi connectivity index (χ0n) is 13.9. The maximum atomic E-state index is 14.3. The van der Waals surface area contributed by atoms with E-state index in [0.29, 0.717) is 0 Å². The van der Waals surface area contributed by atoms with Gasteiger partial charge in [-0.1, -0.05) is 0 Å². The van der Waals surface area contributed by atoms with Crippen molar-refractivity contribution >= 4 is 12.0 Å². The molecule has 2 N–H and O–H groups in total. The average molecular weight is 342 g/mol. The quantitative estimate of drug-likeness (QED) is 0.882. The molecule has 1 saturated heterocycles. The Bertz CT molecular complexity index is 635. The smallest absolute Gasteiger partial charge is 0.408 e. The molecule has 2 amide bonds. The molecule has 0 spiro atoms. The van der Waals surface area contributed by atoms with Crippen LogP contribution in [0.1, 0.15) is 32.3 Å². The van der Waals surface area contributed by atoms with Crippen molar-refractivity contribution in [3.63, 3.8) is 0 Å². The number of carbonyl (C=O) groups is 2. The number of methoxy groups -OCH3 is 1. The second-order valence-electron chi connectivity index (χ2n) is 6.48. The summed E-state index contributed by atoms with van der Waals surface area (Å²) in [6.07, 6.45) is -0.830. The van der Waals surface area contributed by atoms with Gasteiger partial charge in [0.2, 0.25) is 5.91 Å². The van der Waals surface area contributed by atoms with Crippen molar-refractivity contribution in [2.75, 3.05) is 13.7 Å². The molecule has 6 nitrogen and oxygen atoms in total. The molecular formula is C16H20F2N2O4. The van der Waals surface area contributed by atoms with Crippen LogP contribution in [0.3, 0.4) is 0 Å². The van der Waals surface area contributed by atoms with Crippen LogP contribution in [0.4, 0.5) is 13.6 Å². The van der Waals surface area contributed by atoms with E-state index in [9.17, 15) is 18.4 Å². The van der Waals surface area contributed by atoms with Crippen LogP contribution in [-0.2, 0) is 9.53 Å². The molecule has 1 fully saturated rings. The number of nitrogens with one attached hydrogen (secondary N) is 2. The summed E-state index contributed by atoms with van der Waals surface area (Å²) in [6, 6.07) is 0.939. The maximum Gasteiger partial charge on any atom is 0.408 e. The fourth-order valence-electron chi connectivity index (χ4n) is 2.52. The van der Waals surface area contributed by atoms with Gasteiger partial charge in [0.1, 0.15) is 29.0 Å². The molecule has 1 aromatic rings. The topological polar surface area (TPSA) is 76.7 Å². The molecule has 1 aliphatic heterocycles. The highest BCUT2D eigenvalue weighted by Crippen LogP contribution is 2.31. The molecule has 2 atom stereocenters. The van der Waals surface area contributed by atoms with Crippen LogP contribution in [0.15, 0.2) is 12.1 Å². The zero-order valence-corrected chi connectivity index (χ0v) is 13.9.